The Bertz CT molecular complexity index is 537. The lowest BCUT2D eigenvalue weighted by Gasteiger charge is -2.00. The highest BCUT2D eigenvalue weighted by Crippen LogP contribution is 2.23. The van der Waals surface area contributed by atoms with Gasteiger partial charge in [-0.25, -0.2) is 0 Å². The van der Waals surface area contributed by atoms with Gasteiger partial charge in [-0.05, 0) is 31.9 Å². The molecule has 0 aliphatic rings. The summed E-state index contributed by atoms with van der Waals surface area (Å²) in [6.45, 7) is 4.01. The van der Waals surface area contributed by atoms with Gasteiger partial charge in [0.15, 0.2) is 0 Å². The fourth-order valence-corrected chi connectivity index (χ4v) is 1.94. The molecule has 4 nitrogen and oxygen atoms in total. The van der Waals surface area contributed by atoms with E-state index >= 15 is 0 Å². The van der Waals surface area contributed by atoms with E-state index in [4.69, 9.17) is 10.3 Å². The van der Waals surface area contributed by atoms with E-state index in [1.54, 1.807) is 0 Å². The van der Waals surface area contributed by atoms with Gasteiger partial charge in [0.25, 0.3) is 0 Å². The van der Waals surface area contributed by atoms with E-state index in [9.17, 15) is 0 Å². The molecule has 1 aromatic carbocycles. The van der Waals surface area contributed by atoms with E-state index in [1.165, 1.54) is 5.56 Å². The molecule has 2 rings (SSSR count). The average Bonchev–Trinajstić information content (AvgIpc) is 2.79. The lowest BCUT2D eigenvalue weighted by Crippen LogP contribution is -2.15. The largest absolute Gasteiger partial charge is 0.339 e. The summed E-state index contributed by atoms with van der Waals surface area (Å²) < 4.78 is 6.25. The van der Waals surface area contributed by atoms with Crippen molar-refractivity contribution in [2.24, 2.45) is 5.73 Å². The first kappa shape index (κ1) is 13.2. The summed E-state index contributed by atoms with van der Waals surface area (Å²) in [5, 5.41) is 3.99. The maximum atomic E-state index is 5.70. The Kier molecular flexibility index (Phi) is 4.14. The molecule has 0 aliphatic carbocycles. The van der Waals surface area contributed by atoms with Crippen molar-refractivity contribution in [1.82, 2.24) is 10.1 Å². The molecule has 0 saturated heterocycles. The Hall–Kier alpha value is -1.20. The summed E-state index contributed by atoms with van der Waals surface area (Å²) in [6.07, 6.45) is 1.57. The number of aryl methyl sites for hydroxylation is 2. The van der Waals surface area contributed by atoms with Crippen molar-refractivity contribution in [3.8, 4) is 11.4 Å². The molecule has 1 unspecified atom stereocenters. The highest BCUT2D eigenvalue weighted by Gasteiger charge is 2.10. The molecule has 5 heteroatoms. The zero-order valence-corrected chi connectivity index (χ0v) is 12.1. The molecule has 1 aromatic heterocycles. The Morgan fingerprint density at radius 2 is 2.22 bits per heavy atom. The Labute approximate surface area is 115 Å². The molecule has 0 aliphatic heterocycles. The van der Waals surface area contributed by atoms with Crippen LogP contribution >= 0.6 is 15.9 Å². The lowest BCUT2D eigenvalue weighted by molar-refractivity contribution is 0.372. The van der Waals surface area contributed by atoms with Crippen LogP contribution in [0.2, 0.25) is 0 Å². The Balaban J connectivity index is 2.16. The van der Waals surface area contributed by atoms with Crippen LogP contribution in [0.25, 0.3) is 11.4 Å². The smallest absolute Gasteiger partial charge is 0.227 e. The quantitative estimate of drug-likeness (QED) is 0.942. The third-order valence-electron chi connectivity index (χ3n) is 2.71. The molecule has 18 heavy (non-hydrogen) atoms. The maximum Gasteiger partial charge on any atom is 0.227 e. The van der Waals surface area contributed by atoms with Gasteiger partial charge in [-0.15, -0.1) is 0 Å². The molecule has 1 atom stereocenters. The number of rotatable bonds is 4. The van der Waals surface area contributed by atoms with E-state index in [0.29, 0.717) is 11.7 Å². The SMILES string of the molecule is Cc1ccc(-c2noc(CCC(C)N)n2)cc1Br. The number of hydrogen-bond acceptors (Lipinski definition) is 4. The van der Waals surface area contributed by atoms with Crippen LogP contribution in [0, 0.1) is 6.92 Å². The van der Waals surface area contributed by atoms with Crippen LogP contribution in [-0.2, 0) is 6.42 Å². The zero-order valence-electron chi connectivity index (χ0n) is 10.5. The van der Waals surface area contributed by atoms with Crippen molar-refractivity contribution in [3.63, 3.8) is 0 Å². The first-order valence-corrected chi connectivity index (χ1v) is 6.70. The molecule has 0 saturated carbocycles. The minimum absolute atomic E-state index is 0.147. The molecule has 0 bridgehead atoms. The normalized spacial score (nSPS) is 12.7. The van der Waals surface area contributed by atoms with Crippen LogP contribution in [0.15, 0.2) is 27.2 Å². The van der Waals surface area contributed by atoms with Crippen LogP contribution in [-0.4, -0.2) is 16.2 Å². The van der Waals surface area contributed by atoms with Crippen molar-refractivity contribution < 1.29 is 4.52 Å². The summed E-state index contributed by atoms with van der Waals surface area (Å²) in [6, 6.07) is 6.15. The molecule has 0 fully saturated rings. The molecular weight excluding hydrogens is 294 g/mol. The fraction of sp³-hybridized carbons (Fsp3) is 0.385. The van der Waals surface area contributed by atoms with Gasteiger partial charge in [0.1, 0.15) is 0 Å². The number of nitrogens with zero attached hydrogens (tertiary/aromatic N) is 2. The minimum atomic E-state index is 0.147. The second kappa shape index (κ2) is 5.63. The summed E-state index contributed by atoms with van der Waals surface area (Å²) in [4.78, 5) is 4.37. The van der Waals surface area contributed by atoms with Crippen molar-refractivity contribution in [3.05, 3.63) is 34.1 Å². The number of nitrogens with two attached hydrogens (primary N) is 1. The van der Waals surface area contributed by atoms with Crippen molar-refractivity contribution in [1.29, 1.82) is 0 Å². The maximum absolute atomic E-state index is 5.70. The molecule has 96 valence electrons. The highest BCUT2D eigenvalue weighted by molar-refractivity contribution is 9.10. The summed E-state index contributed by atoms with van der Waals surface area (Å²) in [7, 11) is 0. The van der Waals surface area contributed by atoms with Gasteiger partial charge in [-0.3, -0.25) is 0 Å². The van der Waals surface area contributed by atoms with E-state index in [0.717, 1.165) is 22.9 Å². The van der Waals surface area contributed by atoms with Gasteiger partial charge in [0.05, 0.1) is 0 Å². The van der Waals surface area contributed by atoms with Gasteiger partial charge >= 0.3 is 0 Å². The Morgan fingerprint density at radius 3 is 2.89 bits per heavy atom. The van der Waals surface area contributed by atoms with Crippen LogP contribution in [0.1, 0.15) is 24.8 Å². The van der Waals surface area contributed by atoms with E-state index in [-0.39, 0.29) is 6.04 Å². The zero-order chi connectivity index (χ0) is 13.1. The lowest BCUT2D eigenvalue weighted by atomic mass is 10.1. The van der Waals surface area contributed by atoms with Crippen LogP contribution in [0.3, 0.4) is 0 Å². The molecule has 2 aromatic rings. The minimum Gasteiger partial charge on any atom is -0.339 e. The second-order valence-electron chi connectivity index (χ2n) is 4.49. The number of benzene rings is 1. The van der Waals surface area contributed by atoms with Crippen molar-refractivity contribution in [2.45, 2.75) is 32.7 Å². The van der Waals surface area contributed by atoms with Crippen molar-refractivity contribution in [2.75, 3.05) is 0 Å². The first-order chi connectivity index (χ1) is 8.56. The standard InChI is InChI=1S/C13H16BrN3O/c1-8-3-5-10(7-11(8)14)13-16-12(18-17-13)6-4-9(2)15/h3,5,7,9H,4,6,15H2,1-2H3. The van der Waals surface area contributed by atoms with E-state index < -0.39 is 0 Å². The van der Waals surface area contributed by atoms with Crippen LogP contribution in [0.5, 0.6) is 0 Å². The molecule has 0 radical (unpaired) electrons. The van der Waals surface area contributed by atoms with Gasteiger partial charge in [-0.2, -0.15) is 4.98 Å². The van der Waals surface area contributed by atoms with Gasteiger partial charge in [0, 0.05) is 22.5 Å². The van der Waals surface area contributed by atoms with Crippen LogP contribution < -0.4 is 5.73 Å². The van der Waals surface area contributed by atoms with Gasteiger partial charge in [-0.1, -0.05) is 33.2 Å². The highest BCUT2D eigenvalue weighted by atomic mass is 79.9. The second-order valence-corrected chi connectivity index (χ2v) is 5.35. The van der Waals surface area contributed by atoms with Crippen LogP contribution in [0.4, 0.5) is 0 Å². The monoisotopic (exact) mass is 309 g/mol. The summed E-state index contributed by atoms with van der Waals surface area (Å²) in [5.74, 6) is 1.26. The number of aromatic nitrogens is 2. The third-order valence-corrected chi connectivity index (χ3v) is 3.57. The van der Waals surface area contributed by atoms with Gasteiger partial charge in [0.2, 0.25) is 11.7 Å². The van der Waals surface area contributed by atoms with Gasteiger partial charge < -0.3 is 10.3 Å². The molecular formula is C13H16BrN3O. The molecule has 0 amide bonds. The van der Waals surface area contributed by atoms with E-state index in [1.807, 2.05) is 32.0 Å². The molecule has 1 heterocycles. The first-order valence-electron chi connectivity index (χ1n) is 5.91. The van der Waals surface area contributed by atoms with E-state index in [2.05, 4.69) is 26.1 Å². The fourth-order valence-electron chi connectivity index (χ4n) is 1.56. The Morgan fingerprint density at radius 1 is 1.44 bits per heavy atom. The molecule has 2 N–H and O–H groups in total. The number of halogens is 1. The summed E-state index contributed by atoms with van der Waals surface area (Å²) in [5.41, 5.74) is 7.83. The topological polar surface area (TPSA) is 64.9 Å². The predicted octanol–water partition coefficient (Wildman–Crippen LogP) is 3.09. The predicted molar refractivity (Wildman–Crippen MR) is 74.1 cm³/mol. The molecule has 0 spiro atoms. The third kappa shape index (κ3) is 3.17. The summed E-state index contributed by atoms with van der Waals surface area (Å²) >= 11 is 3.50. The van der Waals surface area contributed by atoms with Crippen molar-refractivity contribution >= 4 is 15.9 Å². The number of hydrogen-bond donors (Lipinski definition) is 1. The average molecular weight is 310 g/mol.